The van der Waals surface area contributed by atoms with Crippen molar-refractivity contribution in [2.75, 3.05) is 16.8 Å². The topological polar surface area (TPSA) is 153 Å². The number of carbonyl (C=O) groups is 3. The minimum atomic E-state index is -4.02. The fraction of sp³-hybridized carbons (Fsp3) is 0.300. The Kier molecular flexibility index (Phi) is 8.88. The third-order valence-electron chi connectivity index (χ3n) is 7.67. The Morgan fingerprint density at radius 3 is 2.56 bits per heavy atom. The highest BCUT2D eigenvalue weighted by Crippen LogP contribution is 2.40. The monoisotopic (exact) mass is 656 g/mol. The molecular weight excluding hydrogens is 630 g/mol. The Bertz CT molecular complexity index is 1810. The Morgan fingerprint density at radius 1 is 1.16 bits per heavy atom. The summed E-state index contributed by atoms with van der Waals surface area (Å²) in [5, 5.41) is 12.1. The van der Waals surface area contributed by atoms with E-state index in [1.807, 2.05) is 6.07 Å². The summed E-state index contributed by atoms with van der Waals surface area (Å²) in [5.41, 5.74) is 0.296. The molecule has 15 heteroatoms. The van der Waals surface area contributed by atoms with E-state index in [1.54, 1.807) is 12.1 Å². The van der Waals surface area contributed by atoms with Crippen LogP contribution in [0.25, 0.3) is 0 Å². The number of sulfonamides is 1. The first kappa shape index (κ1) is 32.0. The lowest BCUT2D eigenvalue weighted by atomic mass is 9.87. The van der Waals surface area contributed by atoms with Gasteiger partial charge in [0, 0.05) is 47.8 Å². The highest BCUT2D eigenvalue weighted by Gasteiger charge is 2.48. The summed E-state index contributed by atoms with van der Waals surface area (Å²) >= 11 is 6.55. The van der Waals surface area contributed by atoms with E-state index < -0.39 is 64.6 Å². The van der Waals surface area contributed by atoms with E-state index in [0.717, 1.165) is 9.80 Å². The van der Waals surface area contributed by atoms with E-state index in [4.69, 9.17) is 11.6 Å². The molecule has 1 unspecified atom stereocenters. The summed E-state index contributed by atoms with van der Waals surface area (Å²) in [7, 11) is -2.81. The Hall–Kier alpha value is -4.45. The van der Waals surface area contributed by atoms with Gasteiger partial charge in [0.2, 0.25) is 21.8 Å². The second-order valence-corrected chi connectivity index (χ2v) is 12.9. The second-order valence-electron chi connectivity index (χ2n) is 10.6. The fourth-order valence-electron chi connectivity index (χ4n) is 5.44. The maximum absolute atomic E-state index is 14.7. The number of pyridine rings is 1. The number of carbonyl (C=O) groups excluding carboxylic acids is 3. The molecule has 3 aromatic rings. The van der Waals surface area contributed by atoms with E-state index in [0.29, 0.717) is 0 Å². The quantitative estimate of drug-likeness (QED) is 0.356. The molecule has 11 nitrogen and oxygen atoms in total. The summed E-state index contributed by atoms with van der Waals surface area (Å²) in [4.78, 5) is 48.0. The summed E-state index contributed by atoms with van der Waals surface area (Å²) in [6.07, 6.45) is 0.0797. The van der Waals surface area contributed by atoms with Gasteiger partial charge in [-0.1, -0.05) is 35.9 Å². The molecular formula is C30H27ClF2N6O5S. The van der Waals surface area contributed by atoms with Crippen molar-refractivity contribution in [1.29, 1.82) is 5.26 Å². The second kappa shape index (κ2) is 12.5. The molecule has 1 aliphatic heterocycles. The average molecular weight is 657 g/mol. The van der Waals surface area contributed by atoms with E-state index in [2.05, 4.69) is 15.0 Å². The average Bonchev–Trinajstić information content (AvgIpc) is 3.40. The summed E-state index contributed by atoms with van der Waals surface area (Å²) in [6.45, 7) is 0. The van der Waals surface area contributed by atoms with Crippen LogP contribution in [-0.4, -0.2) is 56.2 Å². The lowest BCUT2D eigenvalue weighted by molar-refractivity contribution is -0.133. The molecule has 2 aliphatic rings. The predicted molar refractivity (Wildman–Crippen MR) is 160 cm³/mol. The molecule has 1 aliphatic carbocycles. The third kappa shape index (κ3) is 6.51. The van der Waals surface area contributed by atoms with Crippen LogP contribution in [-0.2, 0) is 24.4 Å². The predicted octanol–water partition coefficient (Wildman–Crippen LogP) is 3.70. The van der Waals surface area contributed by atoms with E-state index in [1.165, 1.54) is 61.8 Å². The normalized spacial score (nSPS) is 18.5. The number of benzene rings is 2. The van der Waals surface area contributed by atoms with Gasteiger partial charge in [-0.2, -0.15) is 5.26 Å². The van der Waals surface area contributed by atoms with Crippen LogP contribution >= 0.6 is 11.6 Å². The number of nitrogens with zero attached hydrogens (tertiary/aromatic N) is 4. The molecule has 2 N–H and O–H groups in total. The number of halogens is 3. The SMILES string of the molecule is CNS(=O)(=O)c1cccc(N(C(=O)C2CCC(=O)N2c2cc(C#N)ccn2)[C@H](C(=O)NC2CC(F)(F)C2)c2ccccc2Cl)c1. The van der Waals surface area contributed by atoms with Crippen molar-refractivity contribution in [3.63, 3.8) is 0 Å². The van der Waals surface area contributed by atoms with Crippen LogP contribution < -0.4 is 19.8 Å². The van der Waals surface area contributed by atoms with Crippen molar-refractivity contribution in [3.8, 4) is 6.07 Å². The molecule has 1 aromatic heterocycles. The van der Waals surface area contributed by atoms with E-state index in [9.17, 15) is 36.8 Å². The van der Waals surface area contributed by atoms with Gasteiger partial charge in [-0.15, -0.1) is 0 Å². The van der Waals surface area contributed by atoms with Gasteiger partial charge in [0.1, 0.15) is 17.9 Å². The lowest BCUT2D eigenvalue weighted by Gasteiger charge is -2.39. The zero-order chi connectivity index (χ0) is 32.5. The van der Waals surface area contributed by atoms with E-state index in [-0.39, 0.29) is 45.4 Å². The van der Waals surface area contributed by atoms with Crippen molar-refractivity contribution >= 4 is 50.9 Å². The number of amides is 3. The molecule has 2 aromatic carbocycles. The summed E-state index contributed by atoms with van der Waals surface area (Å²) in [6, 6.07) is 12.5. The first-order valence-corrected chi connectivity index (χ1v) is 15.7. The Labute approximate surface area is 262 Å². The minimum absolute atomic E-state index is 0.00679. The maximum Gasteiger partial charge on any atom is 0.252 e. The Balaban J connectivity index is 1.67. The highest BCUT2D eigenvalue weighted by molar-refractivity contribution is 7.89. The van der Waals surface area contributed by atoms with Crippen molar-refractivity contribution in [1.82, 2.24) is 15.0 Å². The number of nitriles is 1. The maximum atomic E-state index is 14.7. The molecule has 45 heavy (non-hydrogen) atoms. The molecule has 5 rings (SSSR count). The van der Waals surface area contributed by atoms with Gasteiger partial charge >= 0.3 is 0 Å². The van der Waals surface area contributed by atoms with Crippen LogP contribution in [0, 0.1) is 11.3 Å². The van der Waals surface area contributed by atoms with Crippen molar-refractivity contribution in [3.05, 3.63) is 83.0 Å². The van der Waals surface area contributed by atoms with Gasteiger partial charge in [0.05, 0.1) is 16.5 Å². The zero-order valence-corrected chi connectivity index (χ0v) is 25.4. The van der Waals surface area contributed by atoms with Crippen LogP contribution in [0.15, 0.2) is 71.8 Å². The number of hydrogen-bond acceptors (Lipinski definition) is 7. The standard InChI is InChI=1S/C30H27ClF2N6O5S/c1-35-45(43,44)21-6-4-5-20(14-21)38(29(42)24-9-10-26(40)39(24)25-13-18(17-34)11-12-36-25)27(22-7-2-3-8-23(22)31)28(41)37-19-15-30(32,33)16-19/h2-8,11-14,19,24,27,35H,9-10,15-16H2,1H3,(H,37,41)/t24?,27-/m0/s1. The van der Waals surface area contributed by atoms with Gasteiger partial charge < -0.3 is 5.32 Å². The van der Waals surface area contributed by atoms with Crippen molar-refractivity contribution < 1.29 is 31.6 Å². The first-order valence-electron chi connectivity index (χ1n) is 13.8. The Morgan fingerprint density at radius 2 is 1.89 bits per heavy atom. The number of anilines is 2. The molecule has 3 amide bonds. The van der Waals surface area contributed by atoms with Gasteiger partial charge in [-0.05, 0) is 49.9 Å². The van der Waals surface area contributed by atoms with Crippen LogP contribution in [0.1, 0.15) is 42.9 Å². The number of alkyl halides is 2. The molecule has 2 heterocycles. The molecule has 0 radical (unpaired) electrons. The van der Waals surface area contributed by atoms with Crippen LogP contribution in [0.3, 0.4) is 0 Å². The molecule has 234 valence electrons. The van der Waals surface area contributed by atoms with Crippen LogP contribution in [0.4, 0.5) is 20.3 Å². The van der Waals surface area contributed by atoms with Crippen LogP contribution in [0.5, 0.6) is 0 Å². The van der Waals surface area contributed by atoms with Gasteiger partial charge in [-0.25, -0.2) is 26.9 Å². The molecule has 0 bridgehead atoms. The number of rotatable bonds is 9. The number of nitrogens with one attached hydrogen (secondary N) is 2. The molecule has 0 spiro atoms. The van der Waals surface area contributed by atoms with E-state index >= 15 is 0 Å². The van der Waals surface area contributed by atoms with Gasteiger partial charge in [-0.3, -0.25) is 24.2 Å². The summed E-state index contributed by atoms with van der Waals surface area (Å²) < 4.78 is 55.1. The van der Waals surface area contributed by atoms with Crippen LogP contribution in [0.2, 0.25) is 5.02 Å². The van der Waals surface area contributed by atoms with Gasteiger partial charge in [0.15, 0.2) is 0 Å². The molecule has 1 saturated heterocycles. The number of hydrogen-bond donors (Lipinski definition) is 2. The first-order chi connectivity index (χ1) is 21.3. The highest BCUT2D eigenvalue weighted by atomic mass is 35.5. The van der Waals surface area contributed by atoms with Gasteiger partial charge in [0.25, 0.3) is 11.8 Å². The largest absolute Gasteiger partial charge is 0.351 e. The molecule has 2 fully saturated rings. The summed E-state index contributed by atoms with van der Waals surface area (Å²) in [5.74, 6) is -4.99. The van der Waals surface area contributed by atoms with Crippen molar-refractivity contribution in [2.24, 2.45) is 0 Å². The zero-order valence-electron chi connectivity index (χ0n) is 23.8. The smallest absolute Gasteiger partial charge is 0.252 e. The third-order valence-corrected chi connectivity index (χ3v) is 9.43. The molecule has 1 saturated carbocycles. The lowest BCUT2D eigenvalue weighted by Crippen LogP contribution is -2.56. The number of aromatic nitrogens is 1. The minimum Gasteiger partial charge on any atom is -0.351 e. The van der Waals surface area contributed by atoms with Crippen molar-refractivity contribution in [2.45, 2.75) is 54.6 Å². The fourth-order valence-corrected chi connectivity index (χ4v) is 6.45. The molecule has 2 atom stereocenters.